The van der Waals surface area contributed by atoms with Gasteiger partial charge in [0.25, 0.3) is 0 Å². The molecule has 1 fully saturated rings. The average molecular weight is 244 g/mol. The van der Waals surface area contributed by atoms with Crippen molar-refractivity contribution in [2.75, 3.05) is 6.79 Å². The van der Waals surface area contributed by atoms with E-state index in [2.05, 4.69) is 0 Å². The van der Waals surface area contributed by atoms with Gasteiger partial charge in [0.2, 0.25) is 6.79 Å². The Bertz CT molecular complexity index is 475. The minimum absolute atomic E-state index is 0. The van der Waals surface area contributed by atoms with Crippen LogP contribution in [0.15, 0.2) is 18.2 Å². The number of benzene rings is 1. The standard InChI is InChI=1S/C11H10O5.Na/c1-11(10(12)13)9(16-11)6-2-3-7-8(4-6)15-5-14-7;/h2-4,9H,5H2,1H3,(H,12,13);/q;+1/p-1. The summed E-state index contributed by atoms with van der Waals surface area (Å²) in [7, 11) is 0. The minimum atomic E-state index is -1.21. The molecule has 17 heavy (non-hydrogen) atoms. The van der Waals surface area contributed by atoms with Crippen LogP contribution in [0.2, 0.25) is 0 Å². The zero-order valence-corrected chi connectivity index (χ0v) is 11.6. The molecular formula is C11H9NaO5. The number of aliphatic carboxylic acids is 1. The molecule has 1 aromatic rings. The van der Waals surface area contributed by atoms with Gasteiger partial charge in [-0.05, 0) is 24.6 Å². The molecule has 1 saturated heterocycles. The molecule has 0 aliphatic carbocycles. The number of epoxide rings is 1. The van der Waals surface area contributed by atoms with Crippen molar-refractivity contribution in [3.8, 4) is 11.5 Å². The van der Waals surface area contributed by atoms with Gasteiger partial charge in [-0.15, -0.1) is 0 Å². The van der Waals surface area contributed by atoms with Crippen molar-refractivity contribution in [1.29, 1.82) is 0 Å². The van der Waals surface area contributed by atoms with Crippen LogP contribution in [0.1, 0.15) is 18.6 Å². The average Bonchev–Trinajstić information content (AvgIpc) is 2.75. The van der Waals surface area contributed by atoms with E-state index in [0.717, 1.165) is 5.56 Å². The van der Waals surface area contributed by atoms with Gasteiger partial charge in [-0.3, -0.25) is 0 Å². The summed E-state index contributed by atoms with van der Waals surface area (Å²) < 4.78 is 15.5. The van der Waals surface area contributed by atoms with Crippen molar-refractivity contribution in [2.24, 2.45) is 0 Å². The molecule has 6 heteroatoms. The van der Waals surface area contributed by atoms with Crippen molar-refractivity contribution in [1.82, 2.24) is 0 Å². The molecule has 1 aromatic carbocycles. The van der Waals surface area contributed by atoms with Gasteiger partial charge in [-0.1, -0.05) is 6.07 Å². The molecule has 2 aliphatic rings. The molecule has 0 spiro atoms. The van der Waals surface area contributed by atoms with Crippen LogP contribution in [0.25, 0.3) is 0 Å². The number of rotatable bonds is 2. The van der Waals surface area contributed by atoms with E-state index < -0.39 is 17.7 Å². The molecule has 0 bridgehead atoms. The molecule has 2 aliphatic heterocycles. The summed E-state index contributed by atoms with van der Waals surface area (Å²) in [5.74, 6) is 0.0865. The second kappa shape index (κ2) is 4.17. The van der Waals surface area contributed by atoms with Crippen LogP contribution in [0.3, 0.4) is 0 Å². The van der Waals surface area contributed by atoms with Crippen molar-refractivity contribution in [3.05, 3.63) is 23.8 Å². The monoisotopic (exact) mass is 244 g/mol. The number of carboxylic acid groups (broad SMARTS) is 1. The maximum atomic E-state index is 10.8. The largest absolute Gasteiger partial charge is 1.00 e. The van der Waals surface area contributed by atoms with Crippen molar-refractivity contribution < 1.29 is 53.7 Å². The molecular weight excluding hydrogens is 235 g/mol. The fourth-order valence-corrected chi connectivity index (χ4v) is 1.83. The Labute approximate surface area is 120 Å². The summed E-state index contributed by atoms with van der Waals surface area (Å²) in [6.07, 6.45) is -0.466. The first-order valence-electron chi connectivity index (χ1n) is 4.90. The molecule has 2 heterocycles. The van der Waals surface area contributed by atoms with Crippen molar-refractivity contribution in [3.63, 3.8) is 0 Å². The number of hydrogen-bond donors (Lipinski definition) is 0. The summed E-state index contributed by atoms with van der Waals surface area (Å²) >= 11 is 0. The Morgan fingerprint density at radius 3 is 2.76 bits per heavy atom. The summed E-state index contributed by atoms with van der Waals surface area (Å²) in [6.45, 7) is 1.69. The van der Waals surface area contributed by atoms with Crippen LogP contribution in [0.5, 0.6) is 11.5 Å². The van der Waals surface area contributed by atoms with E-state index in [9.17, 15) is 9.90 Å². The molecule has 0 aromatic heterocycles. The van der Waals surface area contributed by atoms with Gasteiger partial charge in [-0.2, -0.15) is 0 Å². The molecule has 0 radical (unpaired) electrons. The Morgan fingerprint density at radius 1 is 1.41 bits per heavy atom. The number of hydrogen-bond acceptors (Lipinski definition) is 5. The first-order chi connectivity index (χ1) is 7.61. The SMILES string of the molecule is CC1(C(=O)[O-])OC1c1ccc2c(c1)OCO2.[Na+]. The molecule has 2 unspecified atom stereocenters. The molecule has 5 nitrogen and oxygen atoms in total. The topological polar surface area (TPSA) is 71.1 Å². The predicted molar refractivity (Wildman–Crippen MR) is 49.8 cm³/mol. The second-order valence-corrected chi connectivity index (χ2v) is 4.01. The van der Waals surface area contributed by atoms with Crippen LogP contribution in [0.4, 0.5) is 0 Å². The Hall–Kier alpha value is -0.750. The summed E-state index contributed by atoms with van der Waals surface area (Å²) in [4.78, 5) is 10.8. The third-order valence-corrected chi connectivity index (χ3v) is 2.91. The van der Waals surface area contributed by atoms with E-state index in [1.807, 2.05) is 0 Å². The van der Waals surface area contributed by atoms with E-state index in [1.165, 1.54) is 6.92 Å². The minimum Gasteiger partial charge on any atom is -0.547 e. The van der Waals surface area contributed by atoms with Crippen LogP contribution >= 0.6 is 0 Å². The van der Waals surface area contributed by atoms with Crippen molar-refractivity contribution in [2.45, 2.75) is 18.6 Å². The first kappa shape index (κ1) is 12.7. The quantitative estimate of drug-likeness (QED) is 0.409. The smallest absolute Gasteiger partial charge is 0.547 e. The van der Waals surface area contributed by atoms with Crippen LogP contribution in [0, 0.1) is 0 Å². The summed E-state index contributed by atoms with van der Waals surface area (Å²) in [5.41, 5.74) is -0.454. The fraction of sp³-hybridized carbons (Fsp3) is 0.364. The van der Waals surface area contributed by atoms with Gasteiger partial charge < -0.3 is 24.1 Å². The van der Waals surface area contributed by atoms with E-state index in [0.29, 0.717) is 11.5 Å². The van der Waals surface area contributed by atoms with Gasteiger partial charge in [0.1, 0.15) is 11.7 Å². The van der Waals surface area contributed by atoms with Crippen molar-refractivity contribution >= 4 is 5.97 Å². The predicted octanol–water partition coefficient (Wildman–Crippen LogP) is -3.00. The van der Waals surface area contributed by atoms with E-state index in [4.69, 9.17) is 14.2 Å². The first-order valence-corrected chi connectivity index (χ1v) is 4.90. The molecule has 0 amide bonds. The zero-order valence-electron chi connectivity index (χ0n) is 9.56. The van der Waals surface area contributed by atoms with E-state index in [-0.39, 0.29) is 36.4 Å². The Balaban J connectivity index is 0.00000108. The van der Waals surface area contributed by atoms with Gasteiger partial charge in [0.05, 0.1) is 5.97 Å². The number of ether oxygens (including phenoxy) is 3. The number of fused-ring (bicyclic) bond motifs is 1. The number of carbonyl (C=O) groups is 1. The molecule has 3 rings (SSSR count). The Kier molecular flexibility index (Phi) is 3.12. The zero-order chi connectivity index (χ0) is 11.3. The third-order valence-electron chi connectivity index (χ3n) is 2.91. The summed E-state index contributed by atoms with van der Waals surface area (Å²) in [6, 6.07) is 5.25. The van der Waals surface area contributed by atoms with Gasteiger partial charge in [0, 0.05) is 0 Å². The van der Waals surface area contributed by atoms with Crippen LogP contribution in [-0.4, -0.2) is 18.4 Å². The maximum Gasteiger partial charge on any atom is 1.00 e. The Morgan fingerprint density at radius 2 is 2.12 bits per heavy atom. The summed E-state index contributed by atoms with van der Waals surface area (Å²) in [5, 5.41) is 10.8. The molecule has 0 saturated carbocycles. The van der Waals surface area contributed by atoms with E-state index >= 15 is 0 Å². The normalized spacial score (nSPS) is 28.4. The van der Waals surface area contributed by atoms with Gasteiger partial charge >= 0.3 is 29.6 Å². The maximum absolute atomic E-state index is 10.8. The van der Waals surface area contributed by atoms with Gasteiger partial charge in [-0.25, -0.2) is 0 Å². The fourth-order valence-electron chi connectivity index (χ4n) is 1.83. The molecule has 2 atom stereocenters. The van der Waals surface area contributed by atoms with E-state index in [1.54, 1.807) is 18.2 Å². The third kappa shape index (κ3) is 1.93. The van der Waals surface area contributed by atoms with Crippen LogP contribution < -0.4 is 44.1 Å². The van der Waals surface area contributed by atoms with Crippen LogP contribution in [-0.2, 0) is 9.53 Å². The molecule has 0 N–H and O–H groups in total. The number of carboxylic acids is 1. The molecule has 84 valence electrons. The second-order valence-electron chi connectivity index (χ2n) is 4.01. The van der Waals surface area contributed by atoms with Gasteiger partial charge in [0.15, 0.2) is 11.5 Å². The number of carbonyl (C=O) groups excluding carboxylic acids is 1.